The van der Waals surface area contributed by atoms with Crippen LogP contribution in [0, 0.1) is 5.92 Å². The lowest BCUT2D eigenvalue weighted by Gasteiger charge is -2.27. The van der Waals surface area contributed by atoms with Crippen molar-refractivity contribution in [3.05, 3.63) is 47.5 Å². The van der Waals surface area contributed by atoms with E-state index in [0.29, 0.717) is 12.3 Å². The maximum Gasteiger partial charge on any atom is 0.306 e. The highest BCUT2D eigenvalue weighted by Crippen LogP contribution is 2.34. The Bertz CT molecular complexity index is 583. The van der Waals surface area contributed by atoms with Gasteiger partial charge >= 0.3 is 5.97 Å². The van der Waals surface area contributed by atoms with Crippen molar-refractivity contribution in [2.45, 2.75) is 89.6 Å². The number of carbonyl (C=O) groups excluding carboxylic acids is 1. The first-order valence-electron chi connectivity index (χ1n) is 10.6. The van der Waals surface area contributed by atoms with Gasteiger partial charge in [0.25, 0.3) is 0 Å². The normalized spacial score (nSPS) is 24.4. The Labute approximate surface area is 159 Å². The standard InChI is InChI=1S/C24H34O2/c1-3-19-8-15-23(16-9-19)26-24(25)17-10-20-6-13-22(14-7-20)21-11-4-18(2)5-12-21/h6-7,13-14,19,21,23H,2-5,8-12,15-17H2,1H3. The summed E-state index contributed by atoms with van der Waals surface area (Å²) in [7, 11) is 0. The Morgan fingerprint density at radius 2 is 1.69 bits per heavy atom. The third-order valence-corrected chi connectivity index (χ3v) is 6.43. The topological polar surface area (TPSA) is 26.3 Å². The fourth-order valence-corrected chi connectivity index (χ4v) is 4.47. The molecule has 2 aliphatic rings. The van der Waals surface area contributed by atoms with Gasteiger partial charge in [0.2, 0.25) is 0 Å². The second-order valence-electron chi connectivity index (χ2n) is 8.31. The van der Waals surface area contributed by atoms with Gasteiger partial charge in [-0.15, -0.1) is 0 Å². The van der Waals surface area contributed by atoms with Crippen LogP contribution < -0.4 is 0 Å². The lowest BCUT2D eigenvalue weighted by molar-refractivity contribution is -0.150. The summed E-state index contributed by atoms with van der Waals surface area (Å²) in [6, 6.07) is 8.90. The van der Waals surface area contributed by atoms with Crippen molar-refractivity contribution in [1.82, 2.24) is 0 Å². The monoisotopic (exact) mass is 354 g/mol. The summed E-state index contributed by atoms with van der Waals surface area (Å²) in [5.41, 5.74) is 4.08. The van der Waals surface area contributed by atoms with Gasteiger partial charge in [-0.1, -0.05) is 49.8 Å². The van der Waals surface area contributed by atoms with Crippen molar-refractivity contribution in [3.63, 3.8) is 0 Å². The molecule has 0 amide bonds. The minimum Gasteiger partial charge on any atom is -0.462 e. The molecule has 0 saturated heterocycles. The number of aryl methyl sites for hydroxylation is 1. The number of rotatable bonds is 6. The van der Waals surface area contributed by atoms with Crippen molar-refractivity contribution in [3.8, 4) is 0 Å². The van der Waals surface area contributed by atoms with Crippen LogP contribution in [0.4, 0.5) is 0 Å². The van der Waals surface area contributed by atoms with E-state index < -0.39 is 0 Å². The number of esters is 1. The molecule has 0 atom stereocenters. The van der Waals surface area contributed by atoms with E-state index in [1.165, 1.54) is 61.6 Å². The van der Waals surface area contributed by atoms with E-state index in [-0.39, 0.29) is 12.1 Å². The highest BCUT2D eigenvalue weighted by Gasteiger charge is 2.22. The van der Waals surface area contributed by atoms with Crippen LogP contribution in [0.5, 0.6) is 0 Å². The molecule has 3 rings (SSSR count). The van der Waals surface area contributed by atoms with E-state index in [1.807, 2.05) is 0 Å². The van der Waals surface area contributed by atoms with Gasteiger partial charge in [0.15, 0.2) is 0 Å². The smallest absolute Gasteiger partial charge is 0.306 e. The maximum absolute atomic E-state index is 12.2. The van der Waals surface area contributed by atoms with E-state index in [9.17, 15) is 4.79 Å². The van der Waals surface area contributed by atoms with Gasteiger partial charge in [0.05, 0.1) is 0 Å². The molecule has 0 radical (unpaired) electrons. The molecule has 0 aliphatic heterocycles. The lowest BCUT2D eigenvalue weighted by atomic mass is 9.82. The Kier molecular flexibility index (Phi) is 6.93. The SMILES string of the molecule is C=C1CCC(c2ccc(CCC(=O)OC3CCC(CC)CC3)cc2)CC1. The Hall–Kier alpha value is -1.57. The second kappa shape index (κ2) is 9.39. The van der Waals surface area contributed by atoms with Gasteiger partial charge in [0.1, 0.15) is 6.10 Å². The minimum absolute atomic E-state index is 0.0279. The van der Waals surface area contributed by atoms with Gasteiger partial charge in [-0.25, -0.2) is 0 Å². The first-order valence-corrected chi connectivity index (χ1v) is 10.6. The fourth-order valence-electron chi connectivity index (χ4n) is 4.47. The second-order valence-corrected chi connectivity index (χ2v) is 8.31. The third-order valence-electron chi connectivity index (χ3n) is 6.43. The minimum atomic E-state index is -0.0279. The zero-order chi connectivity index (χ0) is 18.4. The predicted octanol–water partition coefficient (Wildman–Crippen LogP) is 6.35. The summed E-state index contributed by atoms with van der Waals surface area (Å²) in [4.78, 5) is 12.2. The van der Waals surface area contributed by atoms with Crippen LogP contribution in [0.2, 0.25) is 0 Å². The lowest BCUT2D eigenvalue weighted by Crippen LogP contribution is -2.24. The number of benzene rings is 1. The van der Waals surface area contributed by atoms with Crippen molar-refractivity contribution in [1.29, 1.82) is 0 Å². The summed E-state index contributed by atoms with van der Waals surface area (Å²) in [6.07, 6.45) is 12.0. The number of carbonyl (C=O) groups is 1. The molecule has 2 aliphatic carbocycles. The first kappa shape index (κ1) is 19.2. The van der Waals surface area contributed by atoms with Gasteiger partial charge in [-0.05, 0) is 80.8 Å². The largest absolute Gasteiger partial charge is 0.462 e. The molecular formula is C24H34O2. The Morgan fingerprint density at radius 3 is 2.31 bits per heavy atom. The average Bonchev–Trinajstić information content (AvgIpc) is 2.68. The molecular weight excluding hydrogens is 320 g/mol. The molecule has 2 nitrogen and oxygen atoms in total. The molecule has 1 aromatic carbocycles. The van der Waals surface area contributed by atoms with Gasteiger partial charge in [0, 0.05) is 6.42 Å². The summed E-state index contributed by atoms with van der Waals surface area (Å²) in [5.74, 6) is 1.49. The van der Waals surface area contributed by atoms with Crippen molar-refractivity contribution in [2.75, 3.05) is 0 Å². The number of allylic oxidation sites excluding steroid dienone is 1. The molecule has 26 heavy (non-hydrogen) atoms. The van der Waals surface area contributed by atoms with E-state index in [1.54, 1.807) is 0 Å². The van der Waals surface area contributed by atoms with Crippen LogP contribution in [0.25, 0.3) is 0 Å². The maximum atomic E-state index is 12.2. The zero-order valence-electron chi connectivity index (χ0n) is 16.3. The van der Waals surface area contributed by atoms with Crippen LogP contribution >= 0.6 is 0 Å². The Morgan fingerprint density at radius 1 is 1.04 bits per heavy atom. The quantitative estimate of drug-likeness (QED) is 0.440. The van der Waals surface area contributed by atoms with Crippen LogP contribution in [0.3, 0.4) is 0 Å². The first-order chi connectivity index (χ1) is 12.6. The molecule has 0 spiro atoms. The van der Waals surface area contributed by atoms with Crippen molar-refractivity contribution < 1.29 is 9.53 Å². The number of hydrogen-bond donors (Lipinski definition) is 0. The van der Waals surface area contributed by atoms with Gasteiger partial charge in [-0.2, -0.15) is 0 Å². The summed E-state index contributed by atoms with van der Waals surface area (Å²) >= 11 is 0. The van der Waals surface area contributed by atoms with Crippen LogP contribution in [0.15, 0.2) is 36.4 Å². The Balaban J connectivity index is 1.40. The highest BCUT2D eigenvalue weighted by molar-refractivity contribution is 5.70. The van der Waals surface area contributed by atoms with E-state index in [4.69, 9.17) is 4.74 Å². The molecule has 0 unspecified atom stereocenters. The van der Waals surface area contributed by atoms with Crippen molar-refractivity contribution in [2.24, 2.45) is 5.92 Å². The van der Waals surface area contributed by atoms with Crippen molar-refractivity contribution >= 4 is 5.97 Å². The average molecular weight is 355 g/mol. The molecule has 142 valence electrons. The van der Waals surface area contributed by atoms with E-state index in [2.05, 4.69) is 37.8 Å². The van der Waals surface area contributed by atoms with E-state index >= 15 is 0 Å². The highest BCUT2D eigenvalue weighted by atomic mass is 16.5. The fraction of sp³-hybridized carbons (Fsp3) is 0.625. The van der Waals surface area contributed by atoms with Crippen LogP contribution in [-0.4, -0.2) is 12.1 Å². The molecule has 0 bridgehead atoms. The molecule has 0 heterocycles. The number of hydrogen-bond acceptors (Lipinski definition) is 2. The van der Waals surface area contributed by atoms with Gasteiger partial charge < -0.3 is 4.74 Å². The van der Waals surface area contributed by atoms with Crippen LogP contribution in [-0.2, 0) is 16.0 Å². The molecule has 1 aromatic rings. The van der Waals surface area contributed by atoms with Gasteiger partial charge in [-0.3, -0.25) is 4.79 Å². The molecule has 2 saturated carbocycles. The third kappa shape index (κ3) is 5.46. The molecule has 2 fully saturated rings. The van der Waals surface area contributed by atoms with Crippen LogP contribution in [0.1, 0.15) is 88.2 Å². The molecule has 0 N–H and O–H groups in total. The van der Waals surface area contributed by atoms with E-state index in [0.717, 1.165) is 25.2 Å². The molecule has 2 heteroatoms. The molecule has 0 aromatic heterocycles. The number of ether oxygens (including phenoxy) is 1. The summed E-state index contributed by atoms with van der Waals surface area (Å²) in [6.45, 7) is 6.36. The zero-order valence-corrected chi connectivity index (χ0v) is 16.3. The summed E-state index contributed by atoms with van der Waals surface area (Å²) in [5, 5.41) is 0. The predicted molar refractivity (Wildman–Crippen MR) is 107 cm³/mol. The summed E-state index contributed by atoms with van der Waals surface area (Å²) < 4.78 is 5.69.